The van der Waals surface area contributed by atoms with Gasteiger partial charge in [-0.3, -0.25) is 4.90 Å². The SMILES string of the molecule is C=C(CNCCC)CN1CCN(C)C(CC)C1. The molecule has 1 aliphatic heterocycles. The van der Waals surface area contributed by atoms with Crippen molar-refractivity contribution >= 4 is 0 Å². The van der Waals surface area contributed by atoms with E-state index < -0.39 is 0 Å². The zero-order valence-corrected chi connectivity index (χ0v) is 11.8. The van der Waals surface area contributed by atoms with E-state index in [9.17, 15) is 0 Å². The molecule has 1 N–H and O–H groups in total. The number of nitrogens with zero attached hydrogens (tertiary/aromatic N) is 2. The predicted molar refractivity (Wildman–Crippen MR) is 75.4 cm³/mol. The summed E-state index contributed by atoms with van der Waals surface area (Å²) in [4.78, 5) is 5.03. The molecule has 0 aromatic carbocycles. The smallest absolute Gasteiger partial charge is 0.0218 e. The second kappa shape index (κ2) is 7.85. The highest BCUT2D eigenvalue weighted by Gasteiger charge is 2.22. The second-order valence-electron chi connectivity index (χ2n) is 5.20. The Hall–Kier alpha value is -0.380. The number of hydrogen-bond donors (Lipinski definition) is 1. The van der Waals surface area contributed by atoms with Gasteiger partial charge in [-0.1, -0.05) is 20.4 Å². The molecule has 0 saturated carbocycles. The minimum Gasteiger partial charge on any atom is -0.313 e. The lowest BCUT2D eigenvalue weighted by Gasteiger charge is -2.39. The maximum Gasteiger partial charge on any atom is 0.0218 e. The molecule has 1 unspecified atom stereocenters. The highest BCUT2D eigenvalue weighted by molar-refractivity contribution is 5.00. The molecular weight excluding hydrogens is 210 g/mol. The van der Waals surface area contributed by atoms with Crippen molar-refractivity contribution in [3.8, 4) is 0 Å². The van der Waals surface area contributed by atoms with Gasteiger partial charge in [0.05, 0.1) is 0 Å². The van der Waals surface area contributed by atoms with Gasteiger partial charge >= 0.3 is 0 Å². The maximum absolute atomic E-state index is 4.17. The molecule has 1 rings (SSSR count). The van der Waals surface area contributed by atoms with Crippen molar-refractivity contribution < 1.29 is 0 Å². The summed E-state index contributed by atoms with van der Waals surface area (Å²) in [5.74, 6) is 0. The lowest BCUT2D eigenvalue weighted by molar-refractivity contribution is 0.0997. The van der Waals surface area contributed by atoms with Gasteiger partial charge in [0.15, 0.2) is 0 Å². The van der Waals surface area contributed by atoms with Crippen LogP contribution in [-0.4, -0.2) is 62.2 Å². The molecule has 0 spiro atoms. The van der Waals surface area contributed by atoms with Crippen LogP contribution in [0, 0.1) is 0 Å². The van der Waals surface area contributed by atoms with E-state index in [1.54, 1.807) is 0 Å². The van der Waals surface area contributed by atoms with Gasteiger partial charge in [-0.2, -0.15) is 0 Å². The fourth-order valence-corrected chi connectivity index (χ4v) is 2.41. The molecular formula is C14H29N3. The number of piperazine rings is 1. The monoisotopic (exact) mass is 239 g/mol. The van der Waals surface area contributed by atoms with E-state index in [2.05, 4.69) is 42.6 Å². The van der Waals surface area contributed by atoms with Crippen LogP contribution in [0.4, 0.5) is 0 Å². The minimum absolute atomic E-state index is 0.722. The average Bonchev–Trinajstić information content (AvgIpc) is 2.32. The van der Waals surface area contributed by atoms with Gasteiger partial charge in [0, 0.05) is 38.8 Å². The summed E-state index contributed by atoms with van der Waals surface area (Å²) in [6.45, 7) is 15.3. The van der Waals surface area contributed by atoms with Crippen LogP contribution in [0.15, 0.2) is 12.2 Å². The van der Waals surface area contributed by atoms with E-state index in [0.717, 1.165) is 25.7 Å². The normalized spacial score (nSPS) is 22.9. The summed E-state index contributed by atoms with van der Waals surface area (Å²) >= 11 is 0. The Labute approximate surface area is 107 Å². The highest BCUT2D eigenvalue weighted by atomic mass is 15.3. The van der Waals surface area contributed by atoms with Crippen LogP contribution in [-0.2, 0) is 0 Å². The Morgan fingerprint density at radius 2 is 2.12 bits per heavy atom. The van der Waals surface area contributed by atoms with Gasteiger partial charge < -0.3 is 10.2 Å². The molecule has 1 atom stereocenters. The summed E-state index contributed by atoms with van der Waals surface area (Å²) in [5.41, 5.74) is 1.32. The van der Waals surface area contributed by atoms with Crippen molar-refractivity contribution in [2.24, 2.45) is 0 Å². The molecule has 100 valence electrons. The number of likely N-dealkylation sites (N-methyl/N-ethyl adjacent to an activating group) is 1. The molecule has 0 aromatic rings. The Morgan fingerprint density at radius 3 is 2.76 bits per heavy atom. The van der Waals surface area contributed by atoms with E-state index >= 15 is 0 Å². The Balaban J connectivity index is 2.24. The largest absolute Gasteiger partial charge is 0.313 e. The van der Waals surface area contributed by atoms with E-state index in [0.29, 0.717) is 0 Å². The zero-order valence-electron chi connectivity index (χ0n) is 11.8. The first kappa shape index (κ1) is 14.7. The fourth-order valence-electron chi connectivity index (χ4n) is 2.41. The van der Waals surface area contributed by atoms with Crippen LogP contribution in [0.3, 0.4) is 0 Å². The quantitative estimate of drug-likeness (QED) is 0.537. The van der Waals surface area contributed by atoms with E-state index in [4.69, 9.17) is 0 Å². The molecule has 0 amide bonds. The van der Waals surface area contributed by atoms with Crippen molar-refractivity contribution in [2.45, 2.75) is 32.7 Å². The summed E-state index contributed by atoms with van der Waals surface area (Å²) < 4.78 is 0. The standard InChI is InChI=1S/C14H29N3/c1-5-7-15-10-13(3)11-17-9-8-16(4)14(6-2)12-17/h14-15H,3,5-12H2,1-2,4H3. The molecule has 17 heavy (non-hydrogen) atoms. The Morgan fingerprint density at radius 1 is 1.35 bits per heavy atom. The van der Waals surface area contributed by atoms with Crippen molar-refractivity contribution in [3.63, 3.8) is 0 Å². The summed E-state index contributed by atoms with van der Waals surface area (Å²) in [6.07, 6.45) is 2.44. The summed E-state index contributed by atoms with van der Waals surface area (Å²) in [6, 6.07) is 0.722. The molecule has 1 heterocycles. The number of rotatable bonds is 7. The third-order valence-electron chi connectivity index (χ3n) is 3.58. The van der Waals surface area contributed by atoms with Crippen molar-refractivity contribution in [1.82, 2.24) is 15.1 Å². The predicted octanol–water partition coefficient (Wildman–Crippen LogP) is 1.57. The molecule has 0 aliphatic carbocycles. The van der Waals surface area contributed by atoms with Crippen LogP contribution < -0.4 is 5.32 Å². The zero-order chi connectivity index (χ0) is 12.7. The topological polar surface area (TPSA) is 18.5 Å². The molecule has 0 aromatic heterocycles. The first-order chi connectivity index (χ1) is 8.17. The molecule has 0 radical (unpaired) electrons. The van der Waals surface area contributed by atoms with Crippen LogP contribution in [0.5, 0.6) is 0 Å². The van der Waals surface area contributed by atoms with Crippen molar-refractivity contribution in [2.75, 3.05) is 46.3 Å². The van der Waals surface area contributed by atoms with Gasteiger partial charge in [-0.25, -0.2) is 0 Å². The van der Waals surface area contributed by atoms with Crippen LogP contribution in [0.2, 0.25) is 0 Å². The van der Waals surface area contributed by atoms with Crippen LogP contribution in [0.25, 0.3) is 0 Å². The van der Waals surface area contributed by atoms with Crippen molar-refractivity contribution in [3.05, 3.63) is 12.2 Å². The number of nitrogens with one attached hydrogen (secondary N) is 1. The molecule has 1 saturated heterocycles. The van der Waals surface area contributed by atoms with Gasteiger partial charge in [-0.15, -0.1) is 0 Å². The first-order valence-corrected chi connectivity index (χ1v) is 6.97. The third kappa shape index (κ3) is 5.19. The van der Waals surface area contributed by atoms with Crippen LogP contribution >= 0.6 is 0 Å². The van der Waals surface area contributed by atoms with Gasteiger partial charge in [0.1, 0.15) is 0 Å². The highest BCUT2D eigenvalue weighted by Crippen LogP contribution is 2.11. The molecule has 3 nitrogen and oxygen atoms in total. The van der Waals surface area contributed by atoms with E-state index in [1.165, 1.54) is 38.0 Å². The Bertz CT molecular complexity index is 228. The third-order valence-corrected chi connectivity index (χ3v) is 3.58. The molecule has 1 fully saturated rings. The maximum atomic E-state index is 4.17. The average molecular weight is 239 g/mol. The second-order valence-corrected chi connectivity index (χ2v) is 5.20. The Kier molecular flexibility index (Phi) is 6.78. The lowest BCUT2D eigenvalue weighted by atomic mass is 10.1. The molecule has 3 heteroatoms. The van der Waals surface area contributed by atoms with Crippen molar-refractivity contribution in [1.29, 1.82) is 0 Å². The molecule has 1 aliphatic rings. The van der Waals surface area contributed by atoms with Gasteiger partial charge in [-0.05, 0) is 32.0 Å². The van der Waals surface area contributed by atoms with Gasteiger partial charge in [0.2, 0.25) is 0 Å². The first-order valence-electron chi connectivity index (χ1n) is 6.97. The van der Waals surface area contributed by atoms with Gasteiger partial charge in [0.25, 0.3) is 0 Å². The van der Waals surface area contributed by atoms with Crippen LogP contribution in [0.1, 0.15) is 26.7 Å². The minimum atomic E-state index is 0.722. The lowest BCUT2D eigenvalue weighted by Crippen LogP contribution is -2.51. The van der Waals surface area contributed by atoms with E-state index in [-0.39, 0.29) is 0 Å². The summed E-state index contributed by atoms with van der Waals surface area (Å²) in [7, 11) is 2.24. The van der Waals surface area contributed by atoms with E-state index in [1.807, 2.05) is 0 Å². The fraction of sp³-hybridized carbons (Fsp3) is 0.857. The summed E-state index contributed by atoms with van der Waals surface area (Å²) in [5, 5.41) is 3.42. The number of hydrogen-bond acceptors (Lipinski definition) is 3. The molecule has 0 bridgehead atoms.